The molecule has 8 heteroatoms. The molecule has 3 aromatic heterocycles. The number of aromatic amines is 1. The second-order valence-electron chi connectivity index (χ2n) is 10.2. The lowest BCUT2D eigenvalue weighted by atomic mass is 10.0. The molecule has 0 aliphatic carbocycles. The van der Waals surface area contributed by atoms with Crippen LogP contribution in [0.5, 0.6) is 0 Å². The van der Waals surface area contributed by atoms with Crippen LogP contribution in [0.25, 0.3) is 10.9 Å². The van der Waals surface area contributed by atoms with E-state index in [-0.39, 0.29) is 5.56 Å². The Bertz CT molecular complexity index is 1740. The Hall–Kier alpha value is -4.95. The molecule has 3 heterocycles. The van der Waals surface area contributed by atoms with Crippen LogP contribution >= 0.6 is 0 Å². The maximum atomic E-state index is 13.8. The number of pyridine rings is 2. The lowest BCUT2D eigenvalue weighted by Crippen LogP contribution is -2.35. The average molecular weight is 542 g/mol. The molecule has 1 atom stereocenters. The number of fused-ring (bicyclic) bond motifs is 1. The first-order valence-corrected chi connectivity index (χ1v) is 13.8. The van der Waals surface area contributed by atoms with Gasteiger partial charge in [-0.25, -0.2) is 4.68 Å². The highest BCUT2D eigenvalue weighted by Gasteiger charge is 2.31. The summed E-state index contributed by atoms with van der Waals surface area (Å²) in [7, 11) is 0. The van der Waals surface area contributed by atoms with Gasteiger partial charge in [-0.05, 0) is 68.8 Å². The molecule has 6 rings (SSSR count). The van der Waals surface area contributed by atoms with Crippen LogP contribution in [0, 0.1) is 0 Å². The van der Waals surface area contributed by atoms with Crippen LogP contribution < -0.4 is 5.56 Å². The van der Waals surface area contributed by atoms with E-state index in [0.29, 0.717) is 31.0 Å². The summed E-state index contributed by atoms with van der Waals surface area (Å²) >= 11 is 0. The molecule has 0 aliphatic rings. The van der Waals surface area contributed by atoms with E-state index in [4.69, 9.17) is 0 Å². The van der Waals surface area contributed by atoms with Crippen molar-refractivity contribution in [3.63, 3.8) is 0 Å². The third-order valence-corrected chi connectivity index (χ3v) is 7.32. The van der Waals surface area contributed by atoms with Crippen LogP contribution in [-0.2, 0) is 26.1 Å². The maximum absolute atomic E-state index is 13.8. The Morgan fingerprint density at radius 2 is 1.56 bits per heavy atom. The van der Waals surface area contributed by atoms with Crippen molar-refractivity contribution in [2.75, 3.05) is 0 Å². The van der Waals surface area contributed by atoms with Gasteiger partial charge in [-0.3, -0.25) is 14.7 Å². The van der Waals surface area contributed by atoms with Gasteiger partial charge in [0.05, 0.1) is 6.54 Å². The molecular formula is C33H31N7O. The summed E-state index contributed by atoms with van der Waals surface area (Å²) in [6, 6.07) is 32.0. The molecule has 204 valence electrons. The number of tetrazole rings is 1. The maximum Gasteiger partial charge on any atom is 0.253 e. The van der Waals surface area contributed by atoms with Crippen LogP contribution in [0.4, 0.5) is 0 Å². The quantitative estimate of drug-likeness (QED) is 0.253. The average Bonchev–Trinajstić information content (AvgIpc) is 3.46. The fourth-order valence-corrected chi connectivity index (χ4v) is 5.25. The Morgan fingerprint density at radius 3 is 2.29 bits per heavy atom. The van der Waals surface area contributed by atoms with Crippen LogP contribution in [-0.4, -0.2) is 35.1 Å². The summed E-state index contributed by atoms with van der Waals surface area (Å²) in [5, 5.41) is 14.0. The molecule has 6 aromatic rings. The highest BCUT2D eigenvalue weighted by Crippen LogP contribution is 2.30. The molecule has 8 nitrogen and oxygen atoms in total. The first-order valence-electron chi connectivity index (χ1n) is 13.8. The van der Waals surface area contributed by atoms with E-state index in [1.807, 2.05) is 79.0 Å². The minimum Gasteiger partial charge on any atom is -0.322 e. The zero-order chi connectivity index (χ0) is 28.0. The third-order valence-electron chi connectivity index (χ3n) is 7.32. The molecule has 3 aromatic carbocycles. The molecule has 0 spiro atoms. The van der Waals surface area contributed by atoms with Gasteiger partial charge in [0.2, 0.25) is 0 Å². The zero-order valence-corrected chi connectivity index (χ0v) is 22.9. The van der Waals surface area contributed by atoms with Gasteiger partial charge in [0, 0.05) is 36.6 Å². The number of hydrogen-bond donors (Lipinski definition) is 1. The summed E-state index contributed by atoms with van der Waals surface area (Å²) in [5.41, 5.74) is 5.66. The summed E-state index contributed by atoms with van der Waals surface area (Å²) < 4.78 is 1.80. The Balaban J connectivity index is 1.53. The standard InChI is InChI=1S/C33H31N7O/c1-2-24-15-16-30-28(18-24)19-29(33(41)35-30)31(32-36-37-38-40(32)23-26-12-7-4-8-13-26)39(21-25-10-5-3-6-11-25)22-27-14-9-17-34-20-27/h3-20,31H,2,21-23H2,1H3,(H,35,41). The van der Waals surface area contributed by atoms with E-state index in [1.165, 1.54) is 5.56 Å². The molecule has 0 aliphatic heterocycles. The lowest BCUT2D eigenvalue weighted by Gasteiger charge is -2.31. The van der Waals surface area contributed by atoms with E-state index < -0.39 is 6.04 Å². The predicted molar refractivity (Wildman–Crippen MR) is 159 cm³/mol. The van der Waals surface area contributed by atoms with E-state index in [0.717, 1.165) is 34.0 Å². The van der Waals surface area contributed by atoms with E-state index >= 15 is 0 Å². The highest BCUT2D eigenvalue weighted by molar-refractivity contribution is 5.80. The zero-order valence-electron chi connectivity index (χ0n) is 22.9. The molecule has 0 saturated heterocycles. The lowest BCUT2D eigenvalue weighted by molar-refractivity contribution is 0.194. The fourth-order valence-electron chi connectivity index (χ4n) is 5.25. The second-order valence-corrected chi connectivity index (χ2v) is 10.2. The molecule has 1 N–H and O–H groups in total. The van der Waals surface area contributed by atoms with Crippen LogP contribution in [0.15, 0.2) is 114 Å². The molecule has 0 saturated carbocycles. The molecule has 1 unspecified atom stereocenters. The predicted octanol–water partition coefficient (Wildman–Crippen LogP) is 5.31. The van der Waals surface area contributed by atoms with Gasteiger partial charge < -0.3 is 4.98 Å². The number of aromatic nitrogens is 6. The molecule has 41 heavy (non-hydrogen) atoms. The third kappa shape index (κ3) is 5.97. The van der Waals surface area contributed by atoms with Crippen LogP contribution in [0.1, 0.15) is 46.6 Å². The van der Waals surface area contributed by atoms with E-state index in [9.17, 15) is 4.79 Å². The van der Waals surface area contributed by atoms with Gasteiger partial charge in [-0.2, -0.15) is 0 Å². The Morgan fingerprint density at radius 1 is 0.829 bits per heavy atom. The summed E-state index contributed by atoms with van der Waals surface area (Å²) in [4.78, 5) is 23.6. The number of benzene rings is 3. The largest absolute Gasteiger partial charge is 0.322 e. The van der Waals surface area contributed by atoms with Gasteiger partial charge in [-0.1, -0.05) is 79.7 Å². The van der Waals surface area contributed by atoms with Crippen molar-refractivity contribution in [2.24, 2.45) is 0 Å². The van der Waals surface area contributed by atoms with Crippen molar-refractivity contribution in [3.8, 4) is 0 Å². The number of hydrogen-bond acceptors (Lipinski definition) is 6. The molecule has 0 fully saturated rings. The number of nitrogens with one attached hydrogen (secondary N) is 1. The first kappa shape index (κ1) is 26.3. The van der Waals surface area contributed by atoms with Gasteiger partial charge in [0.1, 0.15) is 6.04 Å². The van der Waals surface area contributed by atoms with Gasteiger partial charge in [0.25, 0.3) is 5.56 Å². The minimum absolute atomic E-state index is 0.162. The van der Waals surface area contributed by atoms with Crippen LogP contribution in [0.2, 0.25) is 0 Å². The molecule has 0 bridgehead atoms. The van der Waals surface area contributed by atoms with Crippen molar-refractivity contribution >= 4 is 10.9 Å². The van der Waals surface area contributed by atoms with Crippen molar-refractivity contribution in [2.45, 2.75) is 39.0 Å². The number of aryl methyl sites for hydroxylation is 1. The number of nitrogens with zero attached hydrogens (tertiary/aromatic N) is 6. The highest BCUT2D eigenvalue weighted by atomic mass is 16.1. The Labute approximate surface area is 238 Å². The van der Waals surface area contributed by atoms with Crippen molar-refractivity contribution in [1.29, 1.82) is 0 Å². The monoisotopic (exact) mass is 541 g/mol. The minimum atomic E-state index is -0.535. The molecular weight excluding hydrogens is 510 g/mol. The summed E-state index contributed by atoms with van der Waals surface area (Å²) in [5.74, 6) is 0.602. The fraction of sp³-hybridized carbons (Fsp3) is 0.182. The first-order chi connectivity index (χ1) is 20.2. The van der Waals surface area contributed by atoms with Crippen molar-refractivity contribution < 1.29 is 0 Å². The summed E-state index contributed by atoms with van der Waals surface area (Å²) in [6.07, 6.45) is 4.53. The van der Waals surface area contributed by atoms with Crippen molar-refractivity contribution in [3.05, 3.63) is 153 Å². The van der Waals surface area contributed by atoms with Gasteiger partial charge in [0.15, 0.2) is 5.82 Å². The number of H-pyrrole nitrogens is 1. The summed E-state index contributed by atoms with van der Waals surface area (Å²) in [6.45, 7) is 3.73. The number of rotatable bonds is 10. The van der Waals surface area contributed by atoms with E-state index in [2.05, 4.69) is 61.6 Å². The van der Waals surface area contributed by atoms with Gasteiger partial charge in [-0.15, -0.1) is 5.10 Å². The Kier molecular flexibility index (Phi) is 7.73. The van der Waals surface area contributed by atoms with E-state index in [1.54, 1.807) is 10.9 Å². The second kappa shape index (κ2) is 12.1. The van der Waals surface area contributed by atoms with Gasteiger partial charge >= 0.3 is 0 Å². The molecule has 0 radical (unpaired) electrons. The van der Waals surface area contributed by atoms with Crippen molar-refractivity contribution in [1.82, 2.24) is 35.1 Å². The smallest absolute Gasteiger partial charge is 0.253 e. The normalized spacial score (nSPS) is 12.1. The molecule has 0 amide bonds. The van der Waals surface area contributed by atoms with Crippen LogP contribution in [0.3, 0.4) is 0 Å². The topological polar surface area (TPSA) is 92.6 Å². The SMILES string of the molecule is CCc1ccc2[nH]c(=O)c(C(c3nnnn3Cc3ccccc3)N(Cc3ccccc3)Cc3cccnc3)cc2c1.